The number of ether oxygens (including phenoxy) is 2. The molecule has 0 radical (unpaired) electrons. The van der Waals surface area contributed by atoms with Gasteiger partial charge in [0.2, 0.25) is 17.7 Å². The third kappa shape index (κ3) is 11.0. The Hall–Kier alpha value is -3.56. The number of nitrogens with one attached hydrogen (secondary N) is 3. The summed E-state index contributed by atoms with van der Waals surface area (Å²) in [6.45, 7) is 2.85. The monoisotopic (exact) mass is 592 g/mol. The number of carboxylic acids is 1. The van der Waals surface area contributed by atoms with Crippen molar-refractivity contribution in [3.05, 3.63) is 36.0 Å². The first-order valence-electron chi connectivity index (χ1n) is 13.9. The minimum Gasteiger partial charge on any atom is -0.480 e. The van der Waals surface area contributed by atoms with Crippen LogP contribution in [0.2, 0.25) is 0 Å². The van der Waals surface area contributed by atoms with E-state index >= 15 is 0 Å². The molecule has 42 heavy (non-hydrogen) atoms. The number of nitrogens with zero attached hydrogens (tertiary/aromatic N) is 3. The molecule has 0 fully saturated rings. The number of para-hydroxylation sites is 1. The molecule has 1 aromatic heterocycles. The molecule has 0 saturated heterocycles. The van der Waals surface area contributed by atoms with Gasteiger partial charge >= 0.3 is 5.97 Å². The summed E-state index contributed by atoms with van der Waals surface area (Å²) in [5.41, 5.74) is 5.12. The number of hydrogen-bond donors (Lipinski definition) is 5. The van der Waals surface area contributed by atoms with Gasteiger partial charge in [0.25, 0.3) is 0 Å². The van der Waals surface area contributed by atoms with E-state index in [1.807, 2.05) is 43.4 Å². The standard InChI is InChI=1S/C28H44N6O8/c1-20(28(39)40)33(4)26(37)10-13-41-15-16-42-14-11-30-27(38)23(19-35)31-25(36)9-12-34-22(18-32(3)29-2)17-21-7-5-6-8-24(21)34/h5-8,17,20,23,29,35H,9-16,18-19H2,1-4H3,(H,30,38)(H,31,36)(H,39,40). The van der Waals surface area contributed by atoms with Gasteiger partial charge in [-0.2, -0.15) is 0 Å². The smallest absolute Gasteiger partial charge is 0.326 e. The number of fused-ring (bicyclic) bond motifs is 1. The summed E-state index contributed by atoms with van der Waals surface area (Å²) in [7, 11) is 5.19. The number of carbonyl (C=O) groups excluding carboxylic acids is 3. The topological polar surface area (TPSA) is 175 Å². The van der Waals surface area contributed by atoms with Crippen LogP contribution in [0.5, 0.6) is 0 Å². The van der Waals surface area contributed by atoms with Crippen molar-refractivity contribution in [2.24, 2.45) is 0 Å². The number of benzene rings is 1. The number of hydrogen-bond acceptors (Lipinski definition) is 9. The van der Waals surface area contributed by atoms with Crippen molar-refractivity contribution in [2.45, 2.75) is 44.9 Å². The molecule has 14 heteroatoms. The second-order valence-electron chi connectivity index (χ2n) is 9.76. The van der Waals surface area contributed by atoms with Crippen LogP contribution in [0.3, 0.4) is 0 Å². The van der Waals surface area contributed by atoms with Gasteiger partial charge in [0.1, 0.15) is 12.1 Å². The lowest BCUT2D eigenvalue weighted by molar-refractivity contribution is -0.148. The van der Waals surface area contributed by atoms with Crippen LogP contribution in [-0.2, 0) is 41.7 Å². The number of rotatable bonds is 20. The molecular weight excluding hydrogens is 548 g/mol. The number of likely N-dealkylation sites (N-methyl/N-ethyl adjacent to an activating group) is 1. The maximum Gasteiger partial charge on any atom is 0.326 e. The van der Waals surface area contributed by atoms with Gasteiger partial charge in [0.15, 0.2) is 0 Å². The Kier molecular flexibility index (Phi) is 14.9. The first kappa shape index (κ1) is 34.6. The zero-order valence-corrected chi connectivity index (χ0v) is 24.8. The van der Waals surface area contributed by atoms with Crippen molar-refractivity contribution < 1.29 is 38.9 Å². The summed E-state index contributed by atoms with van der Waals surface area (Å²) in [4.78, 5) is 49.1. The van der Waals surface area contributed by atoms with E-state index in [1.54, 1.807) is 0 Å². The van der Waals surface area contributed by atoms with Crippen LogP contribution in [0.1, 0.15) is 25.5 Å². The molecule has 0 saturated carbocycles. The maximum absolute atomic E-state index is 12.7. The number of amides is 3. The lowest BCUT2D eigenvalue weighted by Crippen LogP contribution is -2.49. The maximum atomic E-state index is 12.7. The Morgan fingerprint density at radius 2 is 1.71 bits per heavy atom. The van der Waals surface area contributed by atoms with E-state index in [2.05, 4.69) is 26.7 Å². The van der Waals surface area contributed by atoms with E-state index in [1.165, 1.54) is 14.0 Å². The van der Waals surface area contributed by atoms with Crippen LogP contribution in [0.15, 0.2) is 30.3 Å². The number of aliphatic carboxylic acids is 1. The number of aliphatic hydroxyl groups excluding tert-OH is 1. The molecule has 0 spiro atoms. The SMILES string of the molecule is CNN(C)Cc1cc2ccccc2n1CCC(=O)NC(CO)C(=O)NCCOCCOCCC(=O)N(C)C(C)C(=O)O. The third-order valence-corrected chi connectivity index (χ3v) is 6.78. The van der Waals surface area contributed by atoms with Crippen LogP contribution in [0.4, 0.5) is 0 Å². The fourth-order valence-electron chi connectivity index (χ4n) is 4.07. The molecule has 2 atom stereocenters. The van der Waals surface area contributed by atoms with Crippen molar-refractivity contribution in [3.8, 4) is 0 Å². The van der Waals surface area contributed by atoms with Gasteiger partial charge in [-0.25, -0.2) is 9.80 Å². The lowest BCUT2D eigenvalue weighted by Gasteiger charge is -2.21. The van der Waals surface area contributed by atoms with E-state index in [0.717, 1.165) is 21.5 Å². The number of aryl methyl sites for hydroxylation is 1. The number of aliphatic hydroxyl groups is 1. The van der Waals surface area contributed by atoms with E-state index in [9.17, 15) is 24.3 Å². The Morgan fingerprint density at radius 3 is 2.38 bits per heavy atom. The van der Waals surface area contributed by atoms with Gasteiger partial charge in [-0.15, -0.1) is 0 Å². The summed E-state index contributed by atoms with van der Waals surface area (Å²) >= 11 is 0. The van der Waals surface area contributed by atoms with Crippen LogP contribution < -0.4 is 16.1 Å². The molecule has 14 nitrogen and oxygen atoms in total. The van der Waals surface area contributed by atoms with Gasteiger partial charge in [0.05, 0.1) is 46.0 Å². The third-order valence-electron chi connectivity index (χ3n) is 6.78. The molecule has 234 valence electrons. The fourth-order valence-corrected chi connectivity index (χ4v) is 4.07. The minimum absolute atomic E-state index is 0.0509. The predicted molar refractivity (Wildman–Crippen MR) is 155 cm³/mol. The molecule has 0 aliphatic heterocycles. The molecule has 2 unspecified atom stereocenters. The van der Waals surface area contributed by atoms with Crippen molar-refractivity contribution in [1.82, 2.24) is 30.5 Å². The van der Waals surface area contributed by atoms with Crippen LogP contribution >= 0.6 is 0 Å². The predicted octanol–water partition coefficient (Wildman–Crippen LogP) is -0.454. The van der Waals surface area contributed by atoms with E-state index in [0.29, 0.717) is 13.1 Å². The zero-order valence-electron chi connectivity index (χ0n) is 24.8. The van der Waals surface area contributed by atoms with Crippen LogP contribution in [-0.4, -0.2) is 121 Å². The minimum atomic E-state index is -1.09. The first-order chi connectivity index (χ1) is 20.1. The Morgan fingerprint density at radius 1 is 1.02 bits per heavy atom. The molecule has 3 amide bonds. The summed E-state index contributed by atoms with van der Waals surface area (Å²) in [5, 5.41) is 26.8. The van der Waals surface area contributed by atoms with Gasteiger partial charge in [-0.3, -0.25) is 19.8 Å². The van der Waals surface area contributed by atoms with Gasteiger partial charge in [-0.1, -0.05) is 18.2 Å². The van der Waals surface area contributed by atoms with E-state index in [4.69, 9.17) is 14.6 Å². The second-order valence-corrected chi connectivity index (χ2v) is 9.76. The number of carboxylic acid groups (broad SMARTS) is 1. The van der Waals surface area contributed by atoms with Crippen molar-refractivity contribution in [2.75, 3.05) is 60.7 Å². The first-order valence-corrected chi connectivity index (χ1v) is 13.9. The quantitative estimate of drug-likeness (QED) is 0.100. The highest BCUT2D eigenvalue weighted by Gasteiger charge is 2.22. The highest BCUT2D eigenvalue weighted by atomic mass is 16.5. The summed E-state index contributed by atoms with van der Waals surface area (Å²) in [6, 6.07) is 8.02. The summed E-state index contributed by atoms with van der Waals surface area (Å²) in [5.74, 6) is -2.29. The molecule has 5 N–H and O–H groups in total. The number of aromatic nitrogens is 1. The van der Waals surface area contributed by atoms with Gasteiger partial charge in [0, 0.05) is 44.8 Å². The van der Waals surface area contributed by atoms with Crippen molar-refractivity contribution in [1.29, 1.82) is 0 Å². The number of hydrazine groups is 1. The highest BCUT2D eigenvalue weighted by Crippen LogP contribution is 2.21. The fraction of sp³-hybridized carbons (Fsp3) is 0.571. The van der Waals surface area contributed by atoms with E-state index in [-0.39, 0.29) is 57.6 Å². The Labute approximate surface area is 245 Å². The van der Waals surface area contributed by atoms with Crippen LogP contribution in [0, 0.1) is 0 Å². The molecule has 0 aliphatic carbocycles. The van der Waals surface area contributed by atoms with Crippen molar-refractivity contribution in [3.63, 3.8) is 0 Å². The molecule has 1 heterocycles. The highest BCUT2D eigenvalue weighted by molar-refractivity contribution is 5.88. The Bertz CT molecular complexity index is 1170. The molecule has 2 aromatic rings. The number of carbonyl (C=O) groups is 4. The average Bonchev–Trinajstić information content (AvgIpc) is 3.33. The van der Waals surface area contributed by atoms with E-state index < -0.39 is 30.6 Å². The molecular formula is C28H44N6O8. The Balaban J connectivity index is 1.67. The van der Waals surface area contributed by atoms with Gasteiger partial charge in [-0.05, 0) is 31.5 Å². The zero-order chi connectivity index (χ0) is 31.1. The molecule has 1 aromatic carbocycles. The molecule has 0 bridgehead atoms. The largest absolute Gasteiger partial charge is 0.480 e. The lowest BCUT2D eigenvalue weighted by atomic mass is 10.2. The molecule has 2 rings (SSSR count). The van der Waals surface area contributed by atoms with Crippen molar-refractivity contribution >= 4 is 34.6 Å². The second kappa shape index (κ2) is 18.1. The molecule has 0 aliphatic rings. The normalized spacial score (nSPS) is 12.7. The van der Waals surface area contributed by atoms with Gasteiger partial charge < -0.3 is 39.8 Å². The summed E-state index contributed by atoms with van der Waals surface area (Å²) in [6.07, 6.45) is 0.178. The van der Waals surface area contributed by atoms with Crippen LogP contribution in [0.25, 0.3) is 10.9 Å². The average molecular weight is 593 g/mol. The summed E-state index contributed by atoms with van der Waals surface area (Å²) < 4.78 is 12.8.